The van der Waals surface area contributed by atoms with Gasteiger partial charge in [0.05, 0.1) is 12.7 Å². The van der Waals surface area contributed by atoms with Crippen LogP contribution < -0.4 is 9.47 Å². The van der Waals surface area contributed by atoms with Crippen molar-refractivity contribution in [3.05, 3.63) is 59.2 Å². The van der Waals surface area contributed by atoms with E-state index in [4.69, 9.17) is 14.2 Å². The van der Waals surface area contributed by atoms with E-state index in [1.165, 1.54) is 11.1 Å². The Morgan fingerprint density at radius 1 is 1.21 bits per heavy atom. The first-order chi connectivity index (χ1) is 14.0. The van der Waals surface area contributed by atoms with Crippen molar-refractivity contribution >= 4 is 5.97 Å². The predicted octanol–water partition coefficient (Wildman–Crippen LogP) is 3.79. The molecule has 29 heavy (non-hydrogen) atoms. The Labute approximate surface area is 171 Å². The summed E-state index contributed by atoms with van der Waals surface area (Å²) in [4.78, 5) is 15.1. The highest BCUT2D eigenvalue weighted by Crippen LogP contribution is 2.61. The predicted molar refractivity (Wildman–Crippen MR) is 109 cm³/mol. The van der Waals surface area contributed by atoms with Gasteiger partial charge in [-0.1, -0.05) is 31.2 Å². The number of nitrogens with zero attached hydrogens (tertiary/aromatic N) is 1. The Kier molecular flexibility index (Phi) is 4.32. The highest BCUT2D eigenvalue weighted by Gasteiger charge is 2.62. The number of carbonyl (C=O) groups excluding carboxylic acids is 1. The van der Waals surface area contributed by atoms with E-state index in [1.807, 2.05) is 24.3 Å². The van der Waals surface area contributed by atoms with Gasteiger partial charge in [0.25, 0.3) is 0 Å². The van der Waals surface area contributed by atoms with Crippen LogP contribution in [0.15, 0.2) is 42.5 Å². The van der Waals surface area contributed by atoms with Crippen LogP contribution in [-0.4, -0.2) is 43.8 Å². The van der Waals surface area contributed by atoms with Gasteiger partial charge in [-0.15, -0.1) is 0 Å². The van der Waals surface area contributed by atoms with Gasteiger partial charge in [-0.05, 0) is 43.8 Å². The van der Waals surface area contributed by atoms with E-state index in [1.54, 1.807) is 19.2 Å². The number of esters is 1. The molecule has 0 radical (unpaired) electrons. The van der Waals surface area contributed by atoms with Gasteiger partial charge in [0.2, 0.25) is 0 Å². The molecule has 1 saturated carbocycles. The Bertz CT molecular complexity index is 943. The van der Waals surface area contributed by atoms with Crippen LogP contribution in [0.25, 0.3) is 0 Å². The number of ether oxygens (including phenoxy) is 3. The number of carbonyl (C=O) groups is 1. The third-order valence-corrected chi connectivity index (χ3v) is 7.16. The molecule has 0 N–H and O–H groups in total. The van der Waals surface area contributed by atoms with Crippen molar-refractivity contribution in [2.24, 2.45) is 5.92 Å². The molecule has 2 heterocycles. The number of hydrogen-bond acceptors (Lipinski definition) is 5. The fourth-order valence-corrected chi connectivity index (χ4v) is 5.65. The summed E-state index contributed by atoms with van der Waals surface area (Å²) in [7, 11) is 3.86. The van der Waals surface area contributed by atoms with Crippen molar-refractivity contribution in [2.75, 3.05) is 20.7 Å². The second-order valence-corrected chi connectivity index (χ2v) is 8.60. The summed E-state index contributed by atoms with van der Waals surface area (Å²) < 4.78 is 18.1. The first kappa shape index (κ1) is 18.5. The topological polar surface area (TPSA) is 48.0 Å². The highest BCUT2D eigenvalue weighted by molar-refractivity contribution is 5.89. The summed E-state index contributed by atoms with van der Waals surface area (Å²) >= 11 is 0. The summed E-state index contributed by atoms with van der Waals surface area (Å²) in [6.45, 7) is 4.10. The number of hydrogen-bond donors (Lipinski definition) is 0. The smallest absolute Gasteiger partial charge is 0.338 e. The fraction of sp³-hybridized carbons (Fsp3) is 0.458. The molecule has 1 fully saturated rings. The SMILES string of the molecule is COc1ccc2c3c1OC1C[C@@H](OC(=O)c4ccccc4)C(C)[C@@]31CCN(C)C2. The molecule has 3 aliphatic rings. The largest absolute Gasteiger partial charge is 0.493 e. The van der Waals surface area contributed by atoms with E-state index < -0.39 is 0 Å². The van der Waals surface area contributed by atoms with Crippen LogP contribution in [0.4, 0.5) is 0 Å². The molecule has 5 heteroatoms. The molecule has 0 saturated heterocycles. The summed E-state index contributed by atoms with van der Waals surface area (Å²) in [5, 5.41) is 0. The molecule has 4 atom stereocenters. The molecule has 5 rings (SSSR count). The molecular formula is C24H27NO4. The monoisotopic (exact) mass is 393 g/mol. The molecule has 2 aromatic carbocycles. The van der Waals surface area contributed by atoms with Crippen LogP contribution >= 0.6 is 0 Å². The minimum Gasteiger partial charge on any atom is -0.493 e. The Hall–Kier alpha value is -2.53. The Morgan fingerprint density at radius 3 is 2.76 bits per heavy atom. The maximum atomic E-state index is 12.7. The molecule has 0 amide bonds. The van der Waals surface area contributed by atoms with Crippen molar-refractivity contribution in [1.29, 1.82) is 0 Å². The molecule has 1 spiro atoms. The van der Waals surface area contributed by atoms with Crippen LogP contribution in [0.5, 0.6) is 11.5 Å². The second kappa shape index (κ2) is 6.77. The minimum absolute atomic E-state index is 0.00243. The maximum Gasteiger partial charge on any atom is 0.338 e. The van der Waals surface area contributed by atoms with Crippen molar-refractivity contribution in [3.63, 3.8) is 0 Å². The molecule has 5 nitrogen and oxygen atoms in total. The third kappa shape index (κ3) is 2.67. The average molecular weight is 393 g/mol. The maximum absolute atomic E-state index is 12.7. The zero-order valence-corrected chi connectivity index (χ0v) is 17.2. The molecule has 2 unspecified atom stereocenters. The van der Waals surface area contributed by atoms with E-state index in [0.29, 0.717) is 12.0 Å². The van der Waals surface area contributed by atoms with E-state index in [9.17, 15) is 4.79 Å². The first-order valence-electron chi connectivity index (χ1n) is 10.4. The standard InChI is InChI=1S/C24H27NO4/c1-15-19(28-23(26)16-7-5-4-6-8-16)13-20-24(15)11-12-25(2)14-17-9-10-18(27-3)22(29-20)21(17)24/h4-10,15,19-20H,11-14H2,1-3H3/t15?,19-,20?,24-/m1/s1. The number of rotatable bonds is 3. The van der Waals surface area contributed by atoms with Crippen LogP contribution in [0, 0.1) is 5.92 Å². The molecule has 152 valence electrons. The van der Waals surface area contributed by atoms with E-state index in [-0.39, 0.29) is 29.5 Å². The zero-order chi connectivity index (χ0) is 20.2. The molecule has 2 aliphatic heterocycles. The molecular weight excluding hydrogens is 366 g/mol. The molecule has 1 aliphatic carbocycles. The van der Waals surface area contributed by atoms with Gasteiger partial charge in [0.15, 0.2) is 11.5 Å². The van der Waals surface area contributed by atoms with Gasteiger partial charge < -0.3 is 19.1 Å². The van der Waals surface area contributed by atoms with Crippen LogP contribution in [0.2, 0.25) is 0 Å². The van der Waals surface area contributed by atoms with Gasteiger partial charge in [-0.3, -0.25) is 0 Å². The number of methoxy groups -OCH3 is 1. The van der Waals surface area contributed by atoms with Crippen LogP contribution in [0.1, 0.15) is 41.3 Å². The zero-order valence-electron chi connectivity index (χ0n) is 17.2. The van der Waals surface area contributed by atoms with Gasteiger partial charge in [-0.2, -0.15) is 0 Å². The second-order valence-electron chi connectivity index (χ2n) is 8.60. The van der Waals surface area contributed by atoms with E-state index >= 15 is 0 Å². The summed E-state index contributed by atoms with van der Waals surface area (Å²) in [6, 6.07) is 13.4. The van der Waals surface area contributed by atoms with Gasteiger partial charge in [0.1, 0.15) is 12.2 Å². The fourth-order valence-electron chi connectivity index (χ4n) is 5.65. The summed E-state index contributed by atoms with van der Waals surface area (Å²) in [5.41, 5.74) is 3.02. The van der Waals surface area contributed by atoms with Crippen molar-refractivity contribution in [3.8, 4) is 11.5 Å². The Balaban J connectivity index is 1.52. The van der Waals surface area contributed by atoms with Crippen LogP contribution in [0.3, 0.4) is 0 Å². The van der Waals surface area contributed by atoms with Gasteiger partial charge in [-0.25, -0.2) is 4.79 Å². The lowest BCUT2D eigenvalue weighted by atomic mass is 9.69. The molecule has 0 bridgehead atoms. The molecule has 0 aromatic heterocycles. The van der Waals surface area contributed by atoms with E-state index in [0.717, 1.165) is 31.0 Å². The van der Waals surface area contributed by atoms with Crippen molar-refractivity contribution < 1.29 is 19.0 Å². The lowest BCUT2D eigenvalue weighted by molar-refractivity contribution is 0.0173. The Morgan fingerprint density at radius 2 is 2.00 bits per heavy atom. The summed E-state index contributed by atoms with van der Waals surface area (Å²) in [6.07, 6.45) is 1.54. The molecule has 2 aromatic rings. The first-order valence-corrected chi connectivity index (χ1v) is 10.4. The van der Waals surface area contributed by atoms with Crippen LogP contribution in [-0.2, 0) is 16.7 Å². The lowest BCUT2D eigenvalue weighted by Gasteiger charge is -2.34. The van der Waals surface area contributed by atoms with Gasteiger partial charge in [0, 0.05) is 29.9 Å². The third-order valence-electron chi connectivity index (χ3n) is 7.16. The lowest BCUT2D eigenvalue weighted by Crippen LogP contribution is -2.40. The highest BCUT2D eigenvalue weighted by atomic mass is 16.6. The number of benzene rings is 2. The summed E-state index contributed by atoms with van der Waals surface area (Å²) in [5.74, 6) is 1.60. The van der Waals surface area contributed by atoms with E-state index in [2.05, 4.69) is 24.9 Å². The van der Waals surface area contributed by atoms with Gasteiger partial charge >= 0.3 is 5.97 Å². The quantitative estimate of drug-likeness (QED) is 0.743. The minimum atomic E-state index is -0.254. The average Bonchev–Trinajstić information content (AvgIpc) is 3.12. The normalized spacial score (nSPS) is 30.1. The van der Waals surface area contributed by atoms with Crippen molar-refractivity contribution in [2.45, 2.75) is 43.9 Å². The van der Waals surface area contributed by atoms with Crippen molar-refractivity contribution in [1.82, 2.24) is 4.90 Å².